The van der Waals surface area contributed by atoms with Gasteiger partial charge in [-0.15, -0.1) is 5.10 Å². The van der Waals surface area contributed by atoms with Gasteiger partial charge in [0, 0.05) is 26.2 Å². The van der Waals surface area contributed by atoms with Gasteiger partial charge >= 0.3 is 6.03 Å². The van der Waals surface area contributed by atoms with Gasteiger partial charge in [-0.05, 0) is 25.0 Å². The molecule has 130 valence electrons. The Bertz CT molecular complexity index is 774. The Kier molecular flexibility index (Phi) is 4.09. The largest absolute Gasteiger partial charge is 0.336 e. The van der Waals surface area contributed by atoms with Crippen LogP contribution in [-0.2, 0) is 0 Å². The Morgan fingerprint density at radius 1 is 1.20 bits per heavy atom. The van der Waals surface area contributed by atoms with Crippen molar-refractivity contribution in [1.82, 2.24) is 30.1 Å². The lowest BCUT2D eigenvalue weighted by Crippen LogP contribution is -2.50. The quantitative estimate of drug-likeness (QED) is 0.900. The van der Waals surface area contributed by atoms with Gasteiger partial charge in [0.15, 0.2) is 5.69 Å². The molecule has 0 unspecified atom stereocenters. The van der Waals surface area contributed by atoms with E-state index in [4.69, 9.17) is 0 Å². The predicted octanol–water partition coefficient (Wildman–Crippen LogP) is 0.897. The Labute approximate surface area is 145 Å². The number of urea groups is 1. The second-order valence-electron chi connectivity index (χ2n) is 6.33. The average molecular weight is 340 g/mol. The Morgan fingerprint density at radius 3 is 2.80 bits per heavy atom. The van der Waals surface area contributed by atoms with Gasteiger partial charge < -0.3 is 15.1 Å². The van der Waals surface area contributed by atoms with Crippen molar-refractivity contribution in [2.45, 2.75) is 18.9 Å². The van der Waals surface area contributed by atoms with E-state index in [1.54, 1.807) is 4.90 Å². The molecule has 3 amide bonds. The van der Waals surface area contributed by atoms with Gasteiger partial charge in [-0.2, -0.15) is 9.90 Å². The summed E-state index contributed by atoms with van der Waals surface area (Å²) in [6.45, 7) is 2.61. The van der Waals surface area contributed by atoms with E-state index in [1.165, 1.54) is 11.0 Å². The topological polar surface area (TPSA) is 83.4 Å². The summed E-state index contributed by atoms with van der Waals surface area (Å²) < 4.78 is 0. The number of benzene rings is 1. The first-order valence-electron chi connectivity index (χ1n) is 8.54. The number of nitrogens with zero attached hydrogens (tertiary/aromatic N) is 5. The van der Waals surface area contributed by atoms with Crippen LogP contribution in [0, 0.1) is 0 Å². The van der Waals surface area contributed by atoms with E-state index >= 15 is 0 Å². The van der Waals surface area contributed by atoms with E-state index < -0.39 is 0 Å². The molecule has 8 heteroatoms. The van der Waals surface area contributed by atoms with Crippen LogP contribution in [-0.4, -0.2) is 69.0 Å². The molecule has 2 saturated heterocycles. The molecule has 2 aliphatic rings. The molecule has 0 aliphatic carbocycles. The fraction of sp³-hybridized carbons (Fsp3) is 0.412. The molecule has 2 fully saturated rings. The number of likely N-dealkylation sites (tertiary alicyclic amines) is 1. The first-order valence-corrected chi connectivity index (χ1v) is 8.54. The highest BCUT2D eigenvalue weighted by atomic mass is 16.2. The first kappa shape index (κ1) is 15.6. The molecule has 2 aromatic rings. The molecule has 1 aromatic carbocycles. The summed E-state index contributed by atoms with van der Waals surface area (Å²) in [5.41, 5.74) is 1.14. The lowest BCUT2D eigenvalue weighted by molar-refractivity contribution is 0.0628. The molecule has 2 aliphatic heterocycles. The molecule has 25 heavy (non-hydrogen) atoms. The SMILES string of the molecule is O=C(c1cnn(-c2ccccc2)n1)N1CCC[C@H](N2CCNC2=O)C1. The second-order valence-corrected chi connectivity index (χ2v) is 6.33. The number of aromatic nitrogens is 3. The summed E-state index contributed by atoms with van der Waals surface area (Å²) in [5.74, 6) is -0.133. The zero-order valence-corrected chi connectivity index (χ0v) is 13.8. The third kappa shape index (κ3) is 3.07. The van der Waals surface area contributed by atoms with E-state index in [0.717, 1.165) is 18.5 Å². The van der Waals surface area contributed by atoms with Crippen molar-refractivity contribution in [2.24, 2.45) is 0 Å². The molecule has 4 rings (SSSR count). The number of carbonyl (C=O) groups excluding carboxylic acids is 2. The maximum Gasteiger partial charge on any atom is 0.317 e. The van der Waals surface area contributed by atoms with Gasteiger partial charge in [-0.1, -0.05) is 18.2 Å². The molecule has 0 radical (unpaired) electrons. The average Bonchev–Trinajstić information content (AvgIpc) is 3.31. The molecule has 3 heterocycles. The fourth-order valence-electron chi connectivity index (χ4n) is 3.44. The number of hydrogen-bond donors (Lipinski definition) is 1. The third-order valence-electron chi connectivity index (χ3n) is 4.71. The van der Waals surface area contributed by atoms with Crippen molar-refractivity contribution < 1.29 is 9.59 Å². The van der Waals surface area contributed by atoms with E-state index in [0.29, 0.717) is 31.9 Å². The zero-order chi connectivity index (χ0) is 17.2. The third-order valence-corrected chi connectivity index (χ3v) is 4.71. The van der Waals surface area contributed by atoms with Gasteiger partial charge in [-0.3, -0.25) is 4.79 Å². The van der Waals surface area contributed by atoms with Gasteiger partial charge in [0.05, 0.1) is 17.9 Å². The first-order chi connectivity index (χ1) is 12.2. The number of carbonyl (C=O) groups is 2. The summed E-state index contributed by atoms with van der Waals surface area (Å²) in [6.07, 6.45) is 3.31. The van der Waals surface area contributed by atoms with Crippen LogP contribution < -0.4 is 5.32 Å². The molecule has 1 aromatic heterocycles. The van der Waals surface area contributed by atoms with Crippen molar-refractivity contribution in [2.75, 3.05) is 26.2 Å². The highest BCUT2D eigenvalue weighted by molar-refractivity contribution is 5.92. The lowest BCUT2D eigenvalue weighted by atomic mass is 10.0. The summed E-state index contributed by atoms with van der Waals surface area (Å²) >= 11 is 0. The van der Waals surface area contributed by atoms with Crippen LogP contribution in [0.25, 0.3) is 5.69 Å². The summed E-state index contributed by atoms with van der Waals surface area (Å²) in [6, 6.07) is 9.53. The molecule has 1 atom stereocenters. The zero-order valence-electron chi connectivity index (χ0n) is 13.8. The smallest absolute Gasteiger partial charge is 0.317 e. The number of para-hydroxylation sites is 1. The Balaban J connectivity index is 1.47. The predicted molar refractivity (Wildman–Crippen MR) is 90.4 cm³/mol. The van der Waals surface area contributed by atoms with Crippen LogP contribution in [0.2, 0.25) is 0 Å². The molecule has 0 bridgehead atoms. The number of amides is 3. The van der Waals surface area contributed by atoms with Crippen molar-refractivity contribution in [3.8, 4) is 5.69 Å². The van der Waals surface area contributed by atoms with E-state index in [2.05, 4.69) is 15.5 Å². The standard InChI is InChI=1S/C17H20N6O2/c24-16(15-11-19-23(20-15)13-5-2-1-3-6-13)21-9-4-7-14(12-21)22-10-8-18-17(22)25/h1-3,5-6,11,14H,4,7-10,12H2,(H,18,25)/t14-/m0/s1. The van der Waals surface area contributed by atoms with Crippen molar-refractivity contribution in [3.63, 3.8) is 0 Å². The van der Waals surface area contributed by atoms with Crippen LogP contribution in [0.4, 0.5) is 4.79 Å². The maximum absolute atomic E-state index is 12.8. The summed E-state index contributed by atoms with van der Waals surface area (Å²) in [5, 5.41) is 11.3. The van der Waals surface area contributed by atoms with Gasteiger partial charge in [0.2, 0.25) is 0 Å². The highest BCUT2D eigenvalue weighted by Gasteiger charge is 2.33. The Hall–Kier alpha value is -2.90. The van der Waals surface area contributed by atoms with Crippen LogP contribution in [0.1, 0.15) is 23.3 Å². The molecule has 0 spiro atoms. The van der Waals surface area contributed by atoms with Crippen molar-refractivity contribution >= 4 is 11.9 Å². The minimum atomic E-state index is -0.133. The van der Waals surface area contributed by atoms with Crippen molar-refractivity contribution in [1.29, 1.82) is 0 Å². The number of rotatable bonds is 3. The monoisotopic (exact) mass is 340 g/mol. The molecular weight excluding hydrogens is 320 g/mol. The van der Waals surface area contributed by atoms with E-state index in [-0.39, 0.29) is 18.0 Å². The van der Waals surface area contributed by atoms with Crippen LogP contribution in [0.15, 0.2) is 36.5 Å². The van der Waals surface area contributed by atoms with Crippen LogP contribution in [0.3, 0.4) is 0 Å². The van der Waals surface area contributed by atoms with Crippen LogP contribution >= 0.6 is 0 Å². The van der Waals surface area contributed by atoms with E-state index in [1.807, 2.05) is 35.2 Å². The number of hydrogen-bond acceptors (Lipinski definition) is 4. The van der Waals surface area contributed by atoms with Crippen molar-refractivity contribution in [3.05, 3.63) is 42.2 Å². The van der Waals surface area contributed by atoms with Gasteiger partial charge in [0.25, 0.3) is 5.91 Å². The lowest BCUT2D eigenvalue weighted by Gasteiger charge is -2.36. The minimum Gasteiger partial charge on any atom is -0.336 e. The molecule has 8 nitrogen and oxygen atoms in total. The summed E-state index contributed by atoms with van der Waals surface area (Å²) in [7, 11) is 0. The normalized spacial score (nSPS) is 20.6. The van der Waals surface area contributed by atoms with Crippen LogP contribution in [0.5, 0.6) is 0 Å². The summed E-state index contributed by atoms with van der Waals surface area (Å²) in [4.78, 5) is 29.7. The molecular formula is C17H20N6O2. The molecule has 1 N–H and O–H groups in total. The van der Waals surface area contributed by atoms with E-state index in [9.17, 15) is 9.59 Å². The van der Waals surface area contributed by atoms with Gasteiger partial charge in [0.1, 0.15) is 0 Å². The second kappa shape index (κ2) is 6.54. The highest BCUT2D eigenvalue weighted by Crippen LogP contribution is 2.19. The van der Waals surface area contributed by atoms with Gasteiger partial charge in [-0.25, -0.2) is 4.79 Å². The molecule has 0 saturated carbocycles. The number of piperidine rings is 1. The maximum atomic E-state index is 12.8. The number of nitrogens with one attached hydrogen (secondary N) is 1. The fourth-order valence-corrected chi connectivity index (χ4v) is 3.44. The Morgan fingerprint density at radius 2 is 2.04 bits per heavy atom. The minimum absolute atomic E-state index is 0.0330.